The van der Waals surface area contributed by atoms with Crippen molar-refractivity contribution >= 4 is 6.29 Å². The van der Waals surface area contributed by atoms with Gasteiger partial charge in [-0.05, 0) is 69.1 Å². The molecular formula is C24H33N3O2. The topological polar surface area (TPSA) is 55.3 Å². The lowest BCUT2D eigenvalue weighted by Gasteiger charge is -2.21. The Morgan fingerprint density at radius 1 is 1.28 bits per heavy atom. The molecule has 29 heavy (non-hydrogen) atoms. The molecule has 5 nitrogen and oxygen atoms in total. The summed E-state index contributed by atoms with van der Waals surface area (Å²) in [5.74, 6) is 2.06. The maximum atomic E-state index is 11.2. The van der Waals surface area contributed by atoms with Gasteiger partial charge in [0, 0.05) is 31.4 Å². The van der Waals surface area contributed by atoms with Crippen LogP contribution in [-0.4, -0.2) is 46.9 Å². The minimum atomic E-state index is 0.373. The lowest BCUT2D eigenvalue weighted by atomic mass is 9.93. The number of aromatic nitrogens is 2. The van der Waals surface area contributed by atoms with E-state index in [1.807, 2.05) is 18.4 Å². The van der Waals surface area contributed by atoms with E-state index < -0.39 is 0 Å². The summed E-state index contributed by atoms with van der Waals surface area (Å²) in [6.07, 6.45) is 18.3. The van der Waals surface area contributed by atoms with E-state index in [4.69, 9.17) is 4.74 Å². The maximum Gasteiger partial charge on any atom is 0.133 e. The molecule has 0 aromatic carbocycles. The van der Waals surface area contributed by atoms with E-state index in [0.717, 1.165) is 50.4 Å². The van der Waals surface area contributed by atoms with E-state index in [0.29, 0.717) is 18.5 Å². The molecule has 2 heterocycles. The first kappa shape index (κ1) is 21.4. The molecule has 2 fully saturated rings. The van der Waals surface area contributed by atoms with E-state index in [1.54, 1.807) is 12.4 Å². The van der Waals surface area contributed by atoms with Crippen molar-refractivity contribution < 1.29 is 9.53 Å². The molecule has 1 aliphatic carbocycles. The van der Waals surface area contributed by atoms with Crippen LogP contribution < -0.4 is 0 Å². The number of likely N-dealkylation sites (tertiary alicyclic amines) is 1. The minimum absolute atomic E-state index is 0.373. The number of carbonyl (C=O) groups is 1. The summed E-state index contributed by atoms with van der Waals surface area (Å²) in [4.78, 5) is 22.2. The largest absolute Gasteiger partial charge is 0.501 e. The first-order valence-corrected chi connectivity index (χ1v) is 10.7. The SMILES string of the molecule is CC(C)=C/C(=C\C=C\OCC1CC1)C1CC(CCc2ncccn2)N(CC=O)C1. The van der Waals surface area contributed by atoms with E-state index in [2.05, 4.69) is 40.9 Å². The third kappa shape index (κ3) is 7.24. The van der Waals surface area contributed by atoms with Crippen molar-refractivity contribution in [1.29, 1.82) is 0 Å². The molecule has 2 aliphatic rings. The number of hydrogen-bond acceptors (Lipinski definition) is 5. The molecule has 2 unspecified atom stereocenters. The molecular weight excluding hydrogens is 362 g/mol. The third-order valence-electron chi connectivity index (χ3n) is 5.58. The molecule has 3 rings (SSSR count). The molecule has 0 N–H and O–H groups in total. The summed E-state index contributed by atoms with van der Waals surface area (Å²) < 4.78 is 5.63. The van der Waals surface area contributed by atoms with Crippen LogP contribution in [0.25, 0.3) is 0 Å². The van der Waals surface area contributed by atoms with Crippen LogP contribution in [0, 0.1) is 11.8 Å². The highest BCUT2D eigenvalue weighted by molar-refractivity contribution is 5.52. The monoisotopic (exact) mass is 395 g/mol. The fraction of sp³-hybridized carbons (Fsp3) is 0.542. The number of nitrogens with zero attached hydrogens (tertiary/aromatic N) is 3. The van der Waals surface area contributed by atoms with Crippen molar-refractivity contribution in [1.82, 2.24) is 14.9 Å². The summed E-state index contributed by atoms with van der Waals surface area (Å²) in [5, 5.41) is 0. The number of carbonyl (C=O) groups excluding carboxylic acids is 1. The lowest BCUT2D eigenvalue weighted by Crippen LogP contribution is -2.31. The van der Waals surface area contributed by atoms with Crippen molar-refractivity contribution in [2.75, 3.05) is 19.7 Å². The van der Waals surface area contributed by atoms with E-state index in [9.17, 15) is 4.79 Å². The normalized spacial score (nSPS) is 22.8. The summed E-state index contributed by atoms with van der Waals surface area (Å²) >= 11 is 0. The Morgan fingerprint density at radius 3 is 2.76 bits per heavy atom. The van der Waals surface area contributed by atoms with Gasteiger partial charge in [-0.1, -0.05) is 17.7 Å². The van der Waals surface area contributed by atoms with Gasteiger partial charge in [-0.3, -0.25) is 4.90 Å². The third-order valence-corrected chi connectivity index (χ3v) is 5.58. The van der Waals surface area contributed by atoms with Crippen molar-refractivity contribution in [3.63, 3.8) is 0 Å². The Bertz CT molecular complexity index is 734. The molecule has 1 saturated carbocycles. The predicted molar refractivity (Wildman–Crippen MR) is 115 cm³/mol. The van der Waals surface area contributed by atoms with Crippen molar-refractivity contribution in [3.8, 4) is 0 Å². The van der Waals surface area contributed by atoms with Crippen molar-refractivity contribution in [3.05, 3.63) is 59.9 Å². The lowest BCUT2D eigenvalue weighted by molar-refractivity contribution is -0.109. The Morgan fingerprint density at radius 2 is 2.07 bits per heavy atom. The Balaban J connectivity index is 1.63. The molecule has 0 spiro atoms. The fourth-order valence-electron chi connectivity index (χ4n) is 3.92. The van der Waals surface area contributed by atoms with Crippen LogP contribution in [0.5, 0.6) is 0 Å². The maximum absolute atomic E-state index is 11.2. The molecule has 156 valence electrons. The highest BCUT2D eigenvalue weighted by Crippen LogP contribution is 2.32. The van der Waals surface area contributed by atoms with Gasteiger partial charge in [0.2, 0.25) is 0 Å². The fourth-order valence-corrected chi connectivity index (χ4v) is 3.92. The predicted octanol–water partition coefficient (Wildman–Crippen LogP) is 4.13. The number of allylic oxidation sites excluding steroid dienone is 4. The molecule has 5 heteroatoms. The van der Waals surface area contributed by atoms with Crippen LogP contribution >= 0.6 is 0 Å². The standard InChI is InChI=1S/C24H33N3O2/c1-19(2)15-21(5-3-14-29-18-20-6-7-20)22-16-23(27(17-22)12-13-28)8-9-24-25-10-4-11-26-24/h3-5,10-11,13-15,20,22-23H,6-9,12,16-18H2,1-2H3/b14-3+,21-5+. The van der Waals surface area contributed by atoms with Crippen LogP contribution in [-0.2, 0) is 16.0 Å². The second-order valence-electron chi connectivity index (χ2n) is 8.40. The number of rotatable bonds is 11. The smallest absolute Gasteiger partial charge is 0.133 e. The molecule has 0 bridgehead atoms. The van der Waals surface area contributed by atoms with Crippen LogP contribution in [0.2, 0.25) is 0 Å². The van der Waals surface area contributed by atoms with Gasteiger partial charge in [-0.2, -0.15) is 0 Å². The number of aldehydes is 1. The van der Waals surface area contributed by atoms with Crippen LogP contribution in [0.1, 0.15) is 45.4 Å². The second-order valence-corrected chi connectivity index (χ2v) is 8.40. The highest BCUT2D eigenvalue weighted by atomic mass is 16.5. The highest BCUT2D eigenvalue weighted by Gasteiger charge is 2.32. The van der Waals surface area contributed by atoms with Gasteiger partial charge in [-0.15, -0.1) is 0 Å². The molecule has 1 aromatic heterocycles. The van der Waals surface area contributed by atoms with Crippen LogP contribution in [0.4, 0.5) is 0 Å². The van der Waals surface area contributed by atoms with E-state index >= 15 is 0 Å². The molecule has 0 amide bonds. The Kier molecular flexibility index (Phi) is 8.17. The summed E-state index contributed by atoms with van der Waals surface area (Å²) in [6.45, 7) is 6.49. The molecule has 1 saturated heterocycles. The van der Waals surface area contributed by atoms with Gasteiger partial charge in [0.05, 0.1) is 19.4 Å². The van der Waals surface area contributed by atoms with Gasteiger partial charge in [-0.25, -0.2) is 9.97 Å². The number of aryl methyl sites for hydroxylation is 1. The van der Waals surface area contributed by atoms with Gasteiger partial charge in [0.1, 0.15) is 12.1 Å². The molecule has 1 aromatic rings. The molecule has 0 radical (unpaired) electrons. The van der Waals surface area contributed by atoms with Gasteiger partial charge in [0.25, 0.3) is 0 Å². The molecule has 1 aliphatic heterocycles. The second kappa shape index (κ2) is 11.1. The number of hydrogen-bond donors (Lipinski definition) is 0. The van der Waals surface area contributed by atoms with Crippen molar-refractivity contribution in [2.24, 2.45) is 11.8 Å². The summed E-state index contributed by atoms with van der Waals surface area (Å²) in [6, 6.07) is 2.21. The Labute approximate surface area is 174 Å². The average molecular weight is 396 g/mol. The Hall–Kier alpha value is -2.27. The van der Waals surface area contributed by atoms with Gasteiger partial charge in [0.15, 0.2) is 0 Å². The van der Waals surface area contributed by atoms with Crippen molar-refractivity contribution in [2.45, 2.75) is 52.0 Å². The summed E-state index contributed by atoms with van der Waals surface area (Å²) in [7, 11) is 0. The zero-order chi connectivity index (χ0) is 20.5. The zero-order valence-corrected chi connectivity index (χ0v) is 17.7. The zero-order valence-electron chi connectivity index (χ0n) is 17.7. The summed E-state index contributed by atoms with van der Waals surface area (Å²) in [5.41, 5.74) is 2.59. The number of ether oxygens (including phenoxy) is 1. The molecule has 2 atom stereocenters. The first-order chi connectivity index (χ1) is 14.2. The first-order valence-electron chi connectivity index (χ1n) is 10.7. The van der Waals surface area contributed by atoms with E-state index in [1.165, 1.54) is 24.0 Å². The van der Waals surface area contributed by atoms with Crippen LogP contribution in [0.15, 0.2) is 54.1 Å². The van der Waals surface area contributed by atoms with Gasteiger partial charge >= 0.3 is 0 Å². The van der Waals surface area contributed by atoms with Gasteiger partial charge < -0.3 is 9.53 Å². The van der Waals surface area contributed by atoms with Crippen LogP contribution in [0.3, 0.4) is 0 Å². The quantitative estimate of drug-likeness (QED) is 0.320. The minimum Gasteiger partial charge on any atom is -0.501 e. The average Bonchev–Trinajstić information content (AvgIpc) is 3.45. The van der Waals surface area contributed by atoms with E-state index in [-0.39, 0.29) is 0 Å².